The molecule has 2 aliphatic rings. The van der Waals surface area contributed by atoms with Gasteiger partial charge in [-0.15, -0.1) is 0 Å². The zero-order valence-electron chi connectivity index (χ0n) is 16.5. The summed E-state index contributed by atoms with van der Waals surface area (Å²) >= 11 is 0. The van der Waals surface area contributed by atoms with Crippen molar-refractivity contribution < 1.29 is 0 Å². The molecule has 2 rings (SSSR count). The Morgan fingerprint density at radius 3 is 1.70 bits per heavy atom. The van der Waals surface area contributed by atoms with E-state index in [1.165, 1.54) is 36.8 Å². The average Bonchev–Trinajstić information content (AvgIpc) is 3.26. The summed E-state index contributed by atoms with van der Waals surface area (Å²) < 4.78 is 0. The van der Waals surface area contributed by atoms with Crippen LogP contribution in [0.1, 0.15) is 87.0 Å². The van der Waals surface area contributed by atoms with Crippen molar-refractivity contribution in [2.45, 2.75) is 87.0 Å². The van der Waals surface area contributed by atoms with Crippen molar-refractivity contribution >= 4 is 0 Å². The number of hydrogen-bond donors (Lipinski definition) is 0. The summed E-state index contributed by atoms with van der Waals surface area (Å²) in [5.41, 5.74) is 3.89. The van der Waals surface area contributed by atoms with Crippen LogP contribution in [0.15, 0.2) is 23.3 Å². The Kier molecular flexibility index (Phi) is 7.12. The van der Waals surface area contributed by atoms with Crippen LogP contribution >= 0.6 is 0 Å². The molecule has 0 radical (unpaired) electrons. The number of nitriles is 1. The molecule has 2 fully saturated rings. The Bertz CT molecular complexity index is 485. The Morgan fingerprint density at radius 1 is 0.957 bits per heavy atom. The van der Waals surface area contributed by atoms with Gasteiger partial charge in [0, 0.05) is 0 Å². The largest absolute Gasteiger partial charge is 0.198 e. The van der Waals surface area contributed by atoms with Crippen molar-refractivity contribution in [3.63, 3.8) is 0 Å². The van der Waals surface area contributed by atoms with E-state index in [2.05, 4.69) is 66.7 Å². The minimum absolute atomic E-state index is 0.336. The molecule has 1 nitrogen and oxygen atoms in total. The molecule has 0 aromatic carbocycles. The third kappa shape index (κ3) is 6.94. The SMILES string of the molecule is CC(C)=CCC[C@@]1(C)C[C@@H]1C#N.CC(C)=CCC[C@]1(C)C[C@H]1C. The van der Waals surface area contributed by atoms with Gasteiger partial charge in [-0.3, -0.25) is 0 Å². The summed E-state index contributed by atoms with van der Waals surface area (Å²) in [4.78, 5) is 0. The fourth-order valence-corrected chi connectivity index (χ4v) is 3.26. The molecule has 0 aromatic heterocycles. The van der Waals surface area contributed by atoms with Crippen LogP contribution in [0, 0.1) is 34.0 Å². The van der Waals surface area contributed by atoms with E-state index in [4.69, 9.17) is 5.26 Å². The van der Waals surface area contributed by atoms with E-state index >= 15 is 0 Å². The second-order valence-electron chi connectivity index (χ2n) is 8.94. The molecule has 0 spiro atoms. The first-order valence-electron chi connectivity index (χ1n) is 9.29. The van der Waals surface area contributed by atoms with Crippen LogP contribution in [0.25, 0.3) is 0 Å². The lowest BCUT2D eigenvalue weighted by atomic mass is 9.99. The minimum Gasteiger partial charge on any atom is -0.198 e. The van der Waals surface area contributed by atoms with E-state index < -0.39 is 0 Å². The van der Waals surface area contributed by atoms with Crippen molar-refractivity contribution in [3.05, 3.63) is 23.3 Å². The van der Waals surface area contributed by atoms with E-state index in [9.17, 15) is 0 Å². The van der Waals surface area contributed by atoms with Gasteiger partial charge >= 0.3 is 0 Å². The highest BCUT2D eigenvalue weighted by Gasteiger charge is 2.49. The molecule has 23 heavy (non-hydrogen) atoms. The lowest BCUT2D eigenvalue weighted by molar-refractivity contribution is 0.479. The molecule has 0 bridgehead atoms. The molecule has 0 N–H and O–H groups in total. The Morgan fingerprint density at radius 2 is 1.39 bits per heavy atom. The van der Waals surface area contributed by atoms with E-state index in [1.54, 1.807) is 0 Å². The van der Waals surface area contributed by atoms with Gasteiger partial charge in [0.25, 0.3) is 0 Å². The van der Waals surface area contributed by atoms with Gasteiger partial charge in [0.1, 0.15) is 0 Å². The van der Waals surface area contributed by atoms with Crippen LogP contribution in [0.4, 0.5) is 0 Å². The van der Waals surface area contributed by atoms with Gasteiger partial charge < -0.3 is 0 Å². The minimum atomic E-state index is 0.336. The lowest BCUT2D eigenvalue weighted by Gasteiger charge is -2.06. The van der Waals surface area contributed by atoms with Crippen LogP contribution < -0.4 is 0 Å². The maximum Gasteiger partial charge on any atom is 0.0661 e. The van der Waals surface area contributed by atoms with Gasteiger partial charge in [0.05, 0.1) is 12.0 Å². The van der Waals surface area contributed by atoms with E-state index in [0.29, 0.717) is 16.7 Å². The van der Waals surface area contributed by atoms with Gasteiger partial charge in [-0.2, -0.15) is 5.26 Å². The highest BCUT2D eigenvalue weighted by molar-refractivity contribution is 5.11. The molecule has 0 aromatic rings. The van der Waals surface area contributed by atoms with Crippen molar-refractivity contribution in [2.24, 2.45) is 22.7 Å². The molecule has 0 unspecified atom stereocenters. The van der Waals surface area contributed by atoms with Crippen LogP contribution in [0.5, 0.6) is 0 Å². The van der Waals surface area contributed by atoms with Crippen molar-refractivity contribution in [3.8, 4) is 6.07 Å². The summed E-state index contributed by atoms with van der Waals surface area (Å²) in [5, 5.41) is 8.68. The summed E-state index contributed by atoms with van der Waals surface area (Å²) in [6.07, 6.45) is 12.2. The predicted octanol–water partition coefficient (Wildman–Crippen LogP) is 7.06. The van der Waals surface area contributed by atoms with Gasteiger partial charge in [-0.25, -0.2) is 0 Å². The molecule has 0 saturated heterocycles. The van der Waals surface area contributed by atoms with Crippen LogP contribution in [-0.4, -0.2) is 0 Å². The molecule has 2 saturated carbocycles. The van der Waals surface area contributed by atoms with Crippen molar-refractivity contribution in [2.75, 3.05) is 0 Å². The molecule has 2 aliphatic carbocycles. The molecule has 0 heterocycles. The van der Waals surface area contributed by atoms with Crippen LogP contribution in [-0.2, 0) is 0 Å². The molecule has 130 valence electrons. The van der Waals surface area contributed by atoms with Gasteiger partial charge in [-0.1, -0.05) is 44.1 Å². The molecule has 0 amide bonds. The van der Waals surface area contributed by atoms with Crippen LogP contribution in [0.2, 0.25) is 0 Å². The second kappa shape index (κ2) is 8.18. The fraction of sp³-hybridized carbons (Fsp3) is 0.773. The van der Waals surface area contributed by atoms with Crippen molar-refractivity contribution in [1.29, 1.82) is 5.26 Å². The fourth-order valence-electron chi connectivity index (χ4n) is 3.26. The number of nitrogens with zero attached hydrogens (tertiary/aromatic N) is 1. The first-order valence-corrected chi connectivity index (χ1v) is 9.29. The quantitative estimate of drug-likeness (QED) is 0.481. The lowest BCUT2D eigenvalue weighted by Crippen LogP contribution is -1.95. The first-order chi connectivity index (χ1) is 10.6. The molecular weight excluding hydrogens is 278 g/mol. The Hall–Kier alpha value is -1.03. The third-order valence-electron chi connectivity index (χ3n) is 5.85. The number of hydrogen-bond acceptors (Lipinski definition) is 1. The maximum atomic E-state index is 8.68. The van der Waals surface area contributed by atoms with Gasteiger partial charge in [0.2, 0.25) is 0 Å². The average molecular weight is 316 g/mol. The summed E-state index contributed by atoms with van der Waals surface area (Å²) in [6.45, 7) is 15.6. The number of rotatable bonds is 6. The molecular formula is C22H37N. The zero-order chi connectivity index (χ0) is 17.7. The van der Waals surface area contributed by atoms with E-state index in [1.807, 2.05) is 0 Å². The third-order valence-corrected chi connectivity index (χ3v) is 5.85. The maximum absolute atomic E-state index is 8.68. The molecule has 1 heteroatoms. The van der Waals surface area contributed by atoms with Gasteiger partial charge in [-0.05, 0) is 83.0 Å². The Labute approximate surface area is 144 Å². The van der Waals surface area contributed by atoms with Crippen molar-refractivity contribution in [1.82, 2.24) is 0 Å². The van der Waals surface area contributed by atoms with Gasteiger partial charge in [0.15, 0.2) is 0 Å². The standard InChI is InChI=1S/C11H17N.C11H20/c1-9(2)5-4-6-11(3)7-10(11)8-12;1-9(2)6-5-7-11(4)8-10(11)3/h5,10H,4,6-7H2,1-3H3;6,10H,5,7-8H2,1-4H3/t10-,11+;10-,11-/m11/s1. The molecule has 0 aliphatic heterocycles. The van der Waals surface area contributed by atoms with E-state index in [-0.39, 0.29) is 0 Å². The predicted molar refractivity (Wildman–Crippen MR) is 101 cm³/mol. The number of allylic oxidation sites excluding steroid dienone is 4. The molecule has 4 atom stereocenters. The summed E-state index contributed by atoms with van der Waals surface area (Å²) in [5.74, 6) is 1.32. The topological polar surface area (TPSA) is 23.8 Å². The zero-order valence-corrected chi connectivity index (χ0v) is 16.5. The highest BCUT2D eigenvalue weighted by atomic mass is 14.5. The monoisotopic (exact) mass is 315 g/mol. The summed E-state index contributed by atoms with van der Waals surface area (Å²) in [6, 6.07) is 2.35. The Balaban J connectivity index is 0.000000231. The first kappa shape index (κ1) is 20.0. The summed E-state index contributed by atoms with van der Waals surface area (Å²) in [7, 11) is 0. The normalized spacial score (nSPS) is 33.7. The second-order valence-corrected chi connectivity index (χ2v) is 8.94. The smallest absolute Gasteiger partial charge is 0.0661 e. The van der Waals surface area contributed by atoms with Crippen LogP contribution in [0.3, 0.4) is 0 Å². The highest BCUT2D eigenvalue weighted by Crippen LogP contribution is 2.55. The van der Waals surface area contributed by atoms with E-state index in [0.717, 1.165) is 18.8 Å².